The number of anilines is 1. The predicted molar refractivity (Wildman–Crippen MR) is 80.1 cm³/mol. The minimum absolute atomic E-state index is 0.250. The third kappa shape index (κ3) is 2.77. The Bertz CT molecular complexity index is 496. The zero-order chi connectivity index (χ0) is 13.2. The van der Waals surface area contributed by atoms with E-state index in [0.717, 1.165) is 37.1 Å². The van der Waals surface area contributed by atoms with Crippen molar-refractivity contribution in [3.8, 4) is 6.07 Å². The van der Waals surface area contributed by atoms with Crippen molar-refractivity contribution in [2.24, 2.45) is 5.92 Å². The van der Waals surface area contributed by atoms with E-state index in [4.69, 9.17) is 5.26 Å². The molecule has 2 atom stereocenters. The first-order valence-electron chi connectivity index (χ1n) is 6.90. The fraction of sp³-hybridized carbons (Fsp3) is 0.533. The highest BCUT2D eigenvalue weighted by molar-refractivity contribution is 9.10. The second-order valence-electron chi connectivity index (χ2n) is 5.48. The van der Waals surface area contributed by atoms with Crippen LogP contribution in [0.2, 0.25) is 0 Å². The summed E-state index contributed by atoms with van der Waals surface area (Å²) in [5.74, 6) is 0.250. The molecule has 2 heterocycles. The summed E-state index contributed by atoms with van der Waals surface area (Å²) in [5.41, 5.74) is 1.30. The Morgan fingerprint density at radius 1 is 1.21 bits per heavy atom. The van der Waals surface area contributed by atoms with Crippen LogP contribution in [0.25, 0.3) is 0 Å². The average Bonchev–Trinajstić information content (AvgIpc) is 3.07. The summed E-state index contributed by atoms with van der Waals surface area (Å²) in [4.78, 5) is 4.96. The monoisotopic (exact) mass is 319 g/mol. The van der Waals surface area contributed by atoms with E-state index in [0.29, 0.717) is 6.04 Å². The molecule has 0 saturated carbocycles. The zero-order valence-electron chi connectivity index (χ0n) is 10.9. The molecule has 3 nitrogen and oxygen atoms in total. The van der Waals surface area contributed by atoms with E-state index in [1.807, 2.05) is 0 Å². The van der Waals surface area contributed by atoms with Crippen LogP contribution in [0.15, 0.2) is 28.7 Å². The van der Waals surface area contributed by atoms with Gasteiger partial charge in [-0.1, -0.05) is 22.0 Å². The van der Waals surface area contributed by atoms with Gasteiger partial charge >= 0.3 is 0 Å². The number of likely N-dealkylation sites (tertiary alicyclic amines) is 1. The SMILES string of the molecule is N#CC1CCN(C2CCN(c3cccc(Br)c3)C2)C1. The van der Waals surface area contributed by atoms with Crippen molar-refractivity contribution in [3.63, 3.8) is 0 Å². The largest absolute Gasteiger partial charge is 0.370 e. The second-order valence-corrected chi connectivity index (χ2v) is 6.39. The summed E-state index contributed by atoms with van der Waals surface area (Å²) in [6, 6.07) is 11.5. The van der Waals surface area contributed by atoms with E-state index in [1.54, 1.807) is 0 Å². The molecule has 0 aromatic heterocycles. The standard InChI is InChI=1S/C15H18BrN3/c16-13-2-1-3-14(8-13)19-7-5-15(11-19)18-6-4-12(9-17)10-18/h1-3,8,12,15H,4-7,10-11H2. The van der Waals surface area contributed by atoms with Gasteiger partial charge in [-0.3, -0.25) is 4.90 Å². The van der Waals surface area contributed by atoms with Gasteiger partial charge in [-0.05, 0) is 37.6 Å². The van der Waals surface area contributed by atoms with Crippen molar-refractivity contribution in [1.82, 2.24) is 4.90 Å². The summed E-state index contributed by atoms with van der Waals surface area (Å²) in [7, 11) is 0. The number of hydrogen-bond donors (Lipinski definition) is 0. The van der Waals surface area contributed by atoms with Gasteiger partial charge in [-0.15, -0.1) is 0 Å². The lowest BCUT2D eigenvalue weighted by molar-refractivity contribution is 0.255. The lowest BCUT2D eigenvalue weighted by atomic mass is 10.1. The maximum Gasteiger partial charge on any atom is 0.0669 e. The summed E-state index contributed by atoms with van der Waals surface area (Å²) >= 11 is 3.53. The van der Waals surface area contributed by atoms with Crippen LogP contribution in [0.4, 0.5) is 5.69 Å². The predicted octanol–water partition coefficient (Wildman–Crippen LogP) is 2.87. The summed E-state index contributed by atoms with van der Waals surface area (Å²) in [5, 5.41) is 8.99. The number of halogens is 1. The molecule has 0 amide bonds. The maximum atomic E-state index is 8.99. The molecule has 1 aromatic carbocycles. The highest BCUT2D eigenvalue weighted by Gasteiger charge is 2.32. The number of nitrogens with zero attached hydrogens (tertiary/aromatic N) is 3. The molecule has 2 fully saturated rings. The molecule has 0 radical (unpaired) electrons. The van der Waals surface area contributed by atoms with Crippen LogP contribution in [0.5, 0.6) is 0 Å². The van der Waals surface area contributed by atoms with Crippen LogP contribution in [-0.2, 0) is 0 Å². The van der Waals surface area contributed by atoms with Crippen molar-refractivity contribution < 1.29 is 0 Å². The Morgan fingerprint density at radius 2 is 2.11 bits per heavy atom. The zero-order valence-corrected chi connectivity index (χ0v) is 12.5. The Hall–Kier alpha value is -1.05. The van der Waals surface area contributed by atoms with Gasteiger partial charge in [0.25, 0.3) is 0 Å². The Morgan fingerprint density at radius 3 is 2.84 bits per heavy atom. The normalized spacial score (nSPS) is 27.7. The third-order valence-electron chi connectivity index (χ3n) is 4.26. The van der Waals surface area contributed by atoms with Crippen LogP contribution in [-0.4, -0.2) is 37.1 Å². The Labute approximate surface area is 122 Å². The lowest BCUT2D eigenvalue weighted by Crippen LogP contribution is -2.35. The van der Waals surface area contributed by atoms with Crippen molar-refractivity contribution in [2.45, 2.75) is 18.9 Å². The Kier molecular flexibility index (Phi) is 3.76. The smallest absolute Gasteiger partial charge is 0.0669 e. The molecule has 100 valence electrons. The minimum Gasteiger partial charge on any atom is -0.370 e. The first-order valence-corrected chi connectivity index (χ1v) is 7.70. The van der Waals surface area contributed by atoms with Gasteiger partial charge in [-0.25, -0.2) is 0 Å². The highest BCUT2D eigenvalue weighted by Crippen LogP contribution is 2.28. The van der Waals surface area contributed by atoms with Crippen LogP contribution in [0.1, 0.15) is 12.8 Å². The van der Waals surface area contributed by atoms with E-state index >= 15 is 0 Å². The number of hydrogen-bond acceptors (Lipinski definition) is 3. The molecule has 0 aliphatic carbocycles. The van der Waals surface area contributed by atoms with Gasteiger partial charge < -0.3 is 4.90 Å². The maximum absolute atomic E-state index is 8.99. The highest BCUT2D eigenvalue weighted by atomic mass is 79.9. The minimum atomic E-state index is 0.250. The van der Waals surface area contributed by atoms with E-state index in [-0.39, 0.29) is 5.92 Å². The fourth-order valence-electron chi connectivity index (χ4n) is 3.17. The molecule has 19 heavy (non-hydrogen) atoms. The molecule has 2 aliphatic rings. The molecule has 3 rings (SSSR count). The number of benzene rings is 1. The van der Waals surface area contributed by atoms with Crippen molar-refractivity contribution in [1.29, 1.82) is 5.26 Å². The number of nitriles is 1. The van der Waals surface area contributed by atoms with Crippen molar-refractivity contribution >= 4 is 21.6 Å². The molecule has 1 aromatic rings. The molecule has 2 aliphatic heterocycles. The van der Waals surface area contributed by atoms with Gasteiger partial charge in [0.15, 0.2) is 0 Å². The summed E-state index contributed by atoms with van der Waals surface area (Å²) in [6.07, 6.45) is 2.26. The summed E-state index contributed by atoms with van der Waals surface area (Å²) < 4.78 is 1.14. The molecule has 0 N–H and O–H groups in total. The van der Waals surface area contributed by atoms with Gasteiger partial charge in [-0.2, -0.15) is 5.26 Å². The number of rotatable bonds is 2. The first-order chi connectivity index (χ1) is 9.26. The third-order valence-corrected chi connectivity index (χ3v) is 4.75. The topological polar surface area (TPSA) is 30.3 Å². The quantitative estimate of drug-likeness (QED) is 0.839. The molecule has 4 heteroatoms. The van der Waals surface area contributed by atoms with E-state index in [1.165, 1.54) is 12.1 Å². The second kappa shape index (κ2) is 5.52. The Balaban J connectivity index is 1.63. The molecular formula is C15H18BrN3. The van der Waals surface area contributed by atoms with Gasteiger partial charge in [0.1, 0.15) is 0 Å². The van der Waals surface area contributed by atoms with Gasteiger partial charge in [0.2, 0.25) is 0 Å². The average molecular weight is 320 g/mol. The van der Waals surface area contributed by atoms with Gasteiger partial charge in [0, 0.05) is 35.8 Å². The lowest BCUT2D eigenvalue weighted by Gasteiger charge is -2.24. The van der Waals surface area contributed by atoms with E-state index in [9.17, 15) is 0 Å². The molecular weight excluding hydrogens is 302 g/mol. The van der Waals surface area contributed by atoms with Gasteiger partial charge in [0.05, 0.1) is 12.0 Å². The van der Waals surface area contributed by atoms with E-state index in [2.05, 4.69) is 56.1 Å². The van der Waals surface area contributed by atoms with Crippen LogP contribution in [0, 0.1) is 17.2 Å². The van der Waals surface area contributed by atoms with Crippen molar-refractivity contribution in [2.75, 3.05) is 31.1 Å². The summed E-state index contributed by atoms with van der Waals surface area (Å²) in [6.45, 7) is 4.27. The first kappa shape index (κ1) is 13.0. The van der Waals surface area contributed by atoms with Crippen molar-refractivity contribution in [3.05, 3.63) is 28.7 Å². The van der Waals surface area contributed by atoms with Crippen LogP contribution >= 0.6 is 15.9 Å². The van der Waals surface area contributed by atoms with Crippen LogP contribution in [0.3, 0.4) is 0 Å². The molecule has 2 unspecified atom stereocenters. The fourth-order valence-corrected chi connectivity index (χ4v) is 3.56. The molecule has 2 saturated heterocycles. The molecule has 0 spiro atoms. The van der Waals surface area contributed by atoms with Crippen LogP contribution < -0.4 is 4.90 Å². The molecule has 0 bridgehead atoms. The van der Waals surface area contributed by atoms with E-state index < -0.39 is 0 Å².